The molecule has 0 aliphatic heterocycles. The van der Waals surface area contributed by atoms with Crippen molar-refractivity contribution in [3.63, 3.8) is 0 Å². The highest BCUT2D eigenvalue weighted by molar-refractivity contribution is 5.99. The number of nitrogens with zero attached hydrogens (tertiary/aromatic N) is 3. The second-order valence-corrected chi connectivity index (χ2v) is 8.07. The number of hydrogen-bond acceptors (Lipinski definition) is 5. The maximum Gasteiger partial charge on any atom is 0.324 e. The van der Waals surface area contributed by atoms with Crippen LogP contribution < -0.4 is 20.7 Å². The van der Waals surface area contributed by atoms with Crippen molar-refractivity contribution in [3.8, 4) is 11.5 Å². The Hall–Kier alpha value is -3.95. The Morgan fingerprint density at radius 3 is 2.41 bits per heavy atom. The van der Waals surface area contributed by atoms with Crippen molar-refractivity contribution in [1.82, 2.24) is 20.1 Å². The van der Waals surface area contributed by atoms with Crippen molar-refractivity contribution in [2.24, 2.45) is 7.05 Å². The van der Waals surface area contributed by atoms with E-state index < -0.39 is 11.8 Å². The van der Waals surface area contributed by atoms with Crippen LogP contribution in [-0.4, -0.2) is 33.8 Å². The molecule has 0 radical (unpaired) electrons. The molecule has 0 fully saturated rings. The van der Waals surface area contributed by atoms with Crippen molar-refractivity contribution in [2.45, 2.75) is 26.2 Å². The van der Waals surface area contributed by atoms with Gasteiger partial charge in [-0.3, -0.25) is 19.8 Å². The number of benzene rings is 1. The Labute approximate surface area is 185 Å². The number of pyridine rings is 1. The molecule has 0 aliphatic carbocycles. The molecule has 2 heterocycles. The summed E-state index contributed by atoms with van der Waals surface area (Å²) in [5.41, 5.74) is 0.796. The summed E-state index contributed by atoms with van der Waals surface area (Å²) in [6, 6.07) is 8.17. The van der Waals surface area contributed by atoms with E-state index in [1.54, 1.807) is 23.9 Å². The van der Waals surface area contributed by atoms with E-state index in [-0.39, 0.29) is 28.5 Å². The summed E-state index contributed by atoms with van der Waals surface area (Å²) in [4.78, 5) is 28.0. The first-order valence-corrected chi connectivity index (χ1v) is 9.85. The quantitative estimate of drug-likeness (QED) is 0.554. The third-order valence-electron chi connectivity index (χ3n) is 4.51. The van der Waals surface area contributed by atoms with Gasteiger partial charge in [-0.25, -0.2) is 9.18 Å². The normalized spacial score (nSPS) is 11.1. The van der Waals surface area contributed by atoms with Gasteiger partial charge in [0.25, 0.3) is 5.91 Å². The van der Waals surface area contributed by atoms with Crippen LogP contribution in [0.2, 0.25) is 0 Å². The minimum absolute atomic E-state index is 0.0196. The summed E-state index contributed by atoms with van der Waals surface area (Å²) < 4.78 is 21.7. The zero-order valence-corrected chi connectivity index (χ0v) is 18.5. The van der Waals surface area contributed by atoms with Crippen molar-refractivity contribution in [1.29, 1.82) is 0 Å². The first-order chi connectivity index (χ1) is 15.1. The lowest BCUT2D eigenvalue weighted by atomic mass is 9.92. The number of halogens is 1. The van der Waals surface area contributed by atoms with E-state index in [1.165, 1.54) is 31.4 Å². The minimum atomic E-state index is -0.682. The highest BCUT2D eigenvalue weighted by atomic mass is 19.1. The highest BCUT2D eigenvalue weighted by Crippen LogP contribution is 2.27. The Morgan fingerprint density at radius 2 is 1.78 bits per heavy atom. The molecule has 0 aliphatic rings. The van der Waals surface area contributed by atoms with Crippen LogP contribution in [0.5, 0.6) is 11.5 Å². The van der Waals surface area contributed by atoms with Crippen molar-refractivity contribution >= 4 is 23.4 Å². The number of rotatable bonds is 5. The molecular weight excluding hydrogens is 415 g/mol. The second-order valence-electron chi connectivity index (χ2n) is 8.07. The molecule has 32 heavy (non-hydrogen) atoms. The Bertz CT molecular complexity index is 1150. The van der Waals surface area contributed by atoms with E-state index in [0.717, 1.165) is 11.8 Å². The molecule has 0 atom stereocenters. The van der Waals surface area contributed by atoms with Gasteiger partial charge in [0.15, 0.2) is 0 Å². The van der Waals surface area contributed by atoms with Crippen LogP contribution in [0.25, 0.3) is 0 Å². The number of ether oxygens (including phenoxy) is 1. The molecule has 2 aromatic heterocycles. The number of aryl methyl sites for hydroxylation is 1. The lowest BCUT2D eigenvalue weighted by Crippen LogP contribution is -2.21. The monoisotopic (exact) mass is 440 g/mol. The standard InChI is InChI=1S/C22H25FN6O3/c1-22(2,3)18-12-19(29(5)28-18)27-21(31)26-16-7-6-13(10-15(16)23)32-14-8-9-25-17(11-14)20(30)24-4/h6-12H,1-5H3,(H,24,30)(H2,26,27,31). The molecule has 3 N–H and O–H groups in total. The lowest BCUT2D eigenvalue weighted by molar-refractivity contribution is 0.0957. The van der Waals surface area contributed by atoms with E-state index in [1.807, 2.05) is 20.8 Å². The van der Waals surface area contributed by atoms with Crippen molar-refractivity contribution < 1.29 is 18.7 Å². The number of nitrogens with one attached hydrogen (secondary N) is 3. The molecule has 0 spiro atoms. The van der Waals surface area contributed by atoms with Gasteiger partial charge >= 0.3 is 6.03 Å². The van der Waals surface area contributed by atoms with Gasteiger partial charge in [0, 0.05) is 43.9 Å². The SMILES string of the molecule is CNC(=O)c1cc(Oc2ccc(NC(=O)Nc3cc(C(C)(C)C)nn3C)c(F)c2)ccn1. The maximum absolute atomic E-state index is 14.5. The van der Waals surface area contributed by atoms with Crippen LogP contribution in [0.1, 0.15) is 37.0 Å². The number of aromatic nitrogens is 3. The fraction of sp³-hybridized carbons (Fsp3) is 0.273. The van der Waals surface area contributed by atoms with E-state index >= 15 is 0 Å². The summed E-state index contributed by atoms with van der Waals surface area (Å²) in [6.07, 6.45) is 1.42. The molecule has 0 saturated carbocycles. The average Bonchev–Trinajstić information content (AvgIpc) is 3.10. The van der Waals surface area contributed by atoms with Gasteiger partial charge in [-0.2, -0.15) is 5.10 Å². The molecule has 3 amide bonds. The highest BCUT2D eigenvalue weighted by Gasteiger charge is 2.20. The first kappa shape index (κ1) is 22.7. The number of carbonyl (C=O) groups excluding carboxylic acids is 2. The number of urea groups is 1. The van der Waals surface area contributed by atoms with Gasteiger partial charge in [0.1, 0.15) is 28.8 Å². The first-order valence-electron chi connectivity index (χ1n) is 9.85. The number of carbonyl (C=O) groups is 2. The summed E-state index contributed by atoms with van der Waals surface area (Å²) >= 11 is 0. The average molecular weight is 440 g/mol. The van der Waals surface area contributed by atoms with Crippen molar-refractivity contribution in [2.75, 3.05) is 17.7 Å². The number of amides is 3. The van der Waals surface area contributed by atoms with Crippen LogP contribution in [0.4, 0.5) is 20.7 Å². The molecule has 3 aromatic rings. The molecule has 3 rings (SSSR count). The van der Waals surface area contributed by atoms with Gasteiger partial charge in [0.2, 0.25) is 0 Å². The Balaban J connectivity index is 1.67. The van der Waals surface area contributed by atoms with Crippen LogP contribution >= 0.6 is 0 Å². The van der Waals surface area contributed by atoms with Gasteiger partial charge in [-0.1, -0.05) is 20.8 Å². The predicted octanol–water partition coefficient (Wildman–Crippen LogP) is 4.05. The number of hydrogen-bond donors (Lipinski definition) is 3. The largest absolute Gasteiger partial charge is 0.457 e. The maximum atomic E-state index is 14.5. The van der Waals surface area contributed by atoms with Gasteiger partial charge < -0.3 is 15.4 Å². The molecule has 1 aromatic carbocycles. The van der Waals surface area contributed by atoms with Gasteiger partial charge in [0.05, 0.1) is 11.4 Å². The van der Waals surface area contributed by atoms with E-state index in [0.29, 0.717) is 11.6 Å². The molecule has 0 unspecified atom stereocenters. The predicted molar refractivity (Wildman–Crippen MR) is 119 cm³/mol. The van der Waals surface area contributed by atoms with Crippen LogP contribution in [-0.2, 0) is 12.5 Å². The molecule has 0 saturated heterocycles. The Morgan fingerprint density at radius 1 is 1.06 bits per heavy atom. The summed E-state index contributed by atoms with van der Waals surface area (Å²) in [5, 5.41) is 12.0. The summed E-state index contributed by atoms with van der Waals surface area (Å²) in [5.74, 6) is -0.0440. The van der Waals surface area contributed by atoms with E-state index in [4.69, 9.17) is 4.74 Å². The fourth-order valence-electron chi connectivity index (χ4n) is 2.74. The van der Waals surface area contributed by atoms with Crippen LogP contribution in [0, 0.1) is 5.82 Å². The molecular formula is C22H25FN6O3. The Kier molecular flexibility index (Phi) is 6.42. The molecule has 168 valence electrons. The minimum Gasteiger partial charge on any atom is -0.457 e. The zero-order chi connectivity index (χ0) is 23.5. The fourth-order valence-corrected chi connectivity index (χ4v) is 2.74. The van der Waals surface area contributed by atoms with Gasteiger partial charge in [-0.05, 0) is 18.2 Å². The summed E-state index contributed by atoms with van der Waals surface area (Å²) in [7, 11) is 3.21. The molecule has 0 bridgehead atoms. The third-order valence-corrected chi connectivity index (χ3v) is 4.51. The summed E-state index contributed by atoms with van der Waals surface area (Å²) in [6.45, 7) is 6.05. The lowest BCUT2D eigenvalue weighted by Gasteiger charge is -2.13. The van der Waals surface area contributed by atoms with E-state index in [2.05, 4.69) is 26.0 Å². The molecule has 9 nitrogen and oxygen atoms in total. The second kappa shape index (κ2) is 9.04. The third kappa shape index (κ3) is 5.39. The smallest absolute Gasteiger partial charge is 0.324 e. The number of anilines is 2. The van der Waals surface area contributed by atoms with Crippen LogP contribution in [0.15, 0.2) is 42.6 Å². The zero-order valence-electron chi connectivity index (χ0n) is 18.5. The molecule has 10 heteroatoms. The topological polar surface area (TPSA) is 110 Å². The van der Waals surface area contributed by atoms with Gasteiger partial charge in [-0.15, -0.1) is 0 Å². The van der Waals surface area contributed by atoms with Crippen LogP contribution in [0.3, 0.4) is 0 Å². The van der Waals surface area contributed by atoms with Crippen molar-refractivity contribution in [3.05, 3.63) is 59.8 Å². The van der Waals surface area contributed by atoms with E-state index in [9.17, 15) is 14.0 Å².